The Morgan fingerprint density at radius 3 is 2.62 bits per heavy atom. The molecule has 4 heterocycles. The van der Waals surface area contributed by atoms with Gasteiger partial charge >= 0.3 is 0 Å². The van der Waals surface area contributed by atoms with E-state index < -0.39 is 0 Å². The Balaban J connectivity index is 1.31. The number of hydrogen-bond donors (Lipinski definition) is 0. The first kappa shape index (κ1) is 21.6. The SMILES string of the molecule is Cc1onc(-c2ccccc2)c1-c1csc(C2CCN(C(=O)c3nsc(Cl)c3Cl)CC2)n1. The Hall–Kier alpha value is -2.26. The number of piperidine rings is 1. The fraction of sp³-hybridized carbons (Fsp3) is 0.273. The van der Waals surface area contributed by atoms with Gasteiger partial charge in [-0.2, -0.15) is 4.37 Å². The number of likely N-dealkylation sites (tertiary alicyclic amines) is 1. The van der Waals surface area contributed by atoms with Gasteiger partial charge in [0.25, 0.3) is 5.91 Å². The predicted octanol–water partition coefficient (Wildman–Crippen LogP) is 6.56. The van der Waals surface area contributed by atoms with E-state index in [9.17, 15) is 4.79 Å². The molecule has 1 aliphatic heterocycles. The van der Waals surface area contributed by atoms with E-state index in [1.54, 1.807) is 16.2 Å². The van der Waals surface area contributed by atoms with E-state index in [4.69, 9.17) is 32.7 Å². The van der Waals surface area contributed by atoms with Gasteiger partial charge in [0.15, 0.2) is 5.69 Å². The number of amides is 1. The zero-order valence-electron chi connectivity index (χ0n) is 17.0. The summed E-state index contributed by atoms with van der Waals surface area (Å²) in [4.78, 5) is 19.5. The van der Waals surface area contributed by atoms with Crippen molar-refractivity contribution in [3.63, 3.8) is 0 Å². The van der Waals surface area contributed by atoms with Crippen LogP contribution in [-0.4, -0.2) is 38.4 Å². The summed E-state index contributed by atoms with van der Waals surface area (Å²) in [7, 11) is 0. The van der Waals surface area contributed by atoms with E-state index in [1.165, 1.54) is 0 Å². The molecule has 0 bridgehead atoms. The number of nitrogens with zero attached hydrogens (tertiary/aromatic N) is 4. The van der Waals surface area contributed by atoms with Gasteiger partial charge in [-0.05, 0) is 31.3 Å². The molecule has 1 saturated heterocycles. The topological polar surface area (TPSA) is 72.1 Å². The summed E-state index contributed by atoms with van der Waals surface area (Å²) < 4.78 is 9.95. The van der Waals surface area contributed by atoms with Crippen molar-refractivity contribution in [2.24, 2.45) is 0 Å². The van der Waals surface area contributed by atoms with Crippen molar-refractivity contribution in [3.05, 3.63) is 61.5 Å². The summed E-state index contributed by atoms with van der Waals surface area (Å²) >= 11 is 14.8. The van der Waals surface area contributed by atoms with Crippen LogP contribution in [0.15, 0.2) is 40.2 Å². The maximum absolute atomic E-state index is 12.7. The average molecular weight is 505 g/mol. The molecule has 0 N–H and O–H groups in total. The van der Waals surface area contributed by atoms with E-state index in [1.807, 2.05) is 37.3 Å². The lowest BCUT2D eigenvalue weighted by atomic mass is 9.97. The van der Waals surface area contributed by atoms with Gasteiger partial charge < -0.3 is 9.42 Å². The average Bonchev–Trinajstić information content (AvgIpc) is 3.53. The molecule has 0 atom stereocenters. The van der Waals surface area contributed by atoms with Crippen LogP contribution in [-0.2, 0) is 0 Å². The molecule has 3 aromatic heterocycles. The maximum Gasteiger partial charge on any atom is 0.275 e. The first-order valence-corrected chi connectivity index (χ1v) is 12.5. The second-order valence-corrected chi connectivity index (χ2v) is 10.2. The van der Waals surface area contributed by atoms with Gasteiger partial charge in [0.1, 0.15) is 20.8 Å². The molecule has 4 aromatic rings. The van der Waals surface area contributed by atoms with Crippen molar-refractivity contribution in [3.8, 4) is 22.5 Å². The second-order valence-electron chi connectivity index (χ2n) is 7.58. The first-order valence-electron chi connectivity index (χ1n) is 10.1. The second kappa shape index (κ2) is 8.94. The number of hydrogen-bond acceptors (Lipinski definition) is 7. The molecule has 0 saturated carbocycles. The summed E-state index contributed by atoms with van der Waals surface area (Å²) in [6, 6.07) is 9.98. The highest BCUT2D eigenvalue weighted by Crippen LogP contribution is 2.38. The molecule has 1 aliphatic rings. The van der Waals surface area contributed by atoms with Crippen molar-refractivity contribution in [2.45, 2.75) is 25.7 Å². The number of carbonyl (C=O) groups excluding carboxylic acids is 1. The van der Waals surface area contributed by atoms with Crippen LogP contribution in [0.2, 0.25) is 9.36 Å². The number of benzene rings is 1. The third kappa shape index (κ3) is 3.96. The molecule has 10 heteroatoms. The van der Waals surface area contributed by atoms with Gasteiger partial charge in [0.2, 0.25) is 0 Å². The summed E-state index contributed by atoms with van der Waals surface area (Å²) in [5.41, 5.74) is 3.86. The summed E-state index contributed by atoms with van der Waals surface area (Å²) in [6.45, 7) is 3.17. The van der Waals surface area contributed by atoms with E-state index in [0.29, 0.717) is 23.3 Å². The monoisotopic (exact) mass is 504 g/mol. The minimum atomic E-state index is -0.163. The minimum Gasteiger partial charge on any atom is -0.360 e. The van der Waals surface area contributed by atoms with Crippen LogP contribution in [0.3, 0.4) is 0 Å². The Morgan fingerprint density at radius 2 is 1.94 bits per heavy atom. The Labute approximate surface area is 203 Å². The molecule has 1 amide bonds. The molecule has 0 aliphatic carbocycles. The molecule has 32 heavy (non-hydrogen) atoms. The number of halogens is 2. The van der Waals surface area contributed by atoms with Crippen LogP contribution in [0.25, 0.3) is 22.5 Å². The molecule has 0 spiro atoms. The predicted molar refractivity (Wildman–Crippen MR) is 128 cm³/mol. The number of aromatic nitrogens is 3. The third-order valence-corrected chi connectivity index (χ3v) is 8.24. The lowest BCUT2D eigenvalue weighted by Crippen LogP contribution is -2.38. The lowest BCUT2D eigenvalue weighted by molar-refractivity contribution is 0.0708. The third-order valence-electron chi connectivity index (χ3n) is 5.62. The van der Waals surface area contributed by atoms with Crippen LogP contribution in [0.1, 0.15) is 40.0 Å². The van der Waals surface area contributed by atoms with Gasteiger partial charge in [-0.25, -0.2) is 4.98 Å². The van der Waals surface area contributed by atoms with E-state index in [2.05, 4.69) is 14.9 Å². The number of carbonyl (C=O) groups is 1. The smallest absolute Gasteiger partial charge is 0.275 e. The molecule has 5 rings (SSSR count). The van der Waals surface area contributed by atoms with Crippen molar-refractivity contribution in [1.29, 1.82) is 0 Å². The Morgan fingerprint density at radius 1 is 1.19 bits per heavy atom. The van der Waals surface area contributed by atoms with E-state index >= 15 is 0 Å². The Bertz CT molecular complexity index is 1260. The zero-order chi connectivity index (χ0) is 22.2. The van der Waals surface area contributed by atoms with Gasteiger partial charge in [-0.1, -0.05) is 58.7 Å². The lowest BCUT2D eigenvalue weighted by Gasteiger charge is -2.30. The molecule has 6 nitrogen and oxygen atoms in total. The highest BCUT2D eigenvalue weighted by molar-refractivity contribution is 7.11. The fourth-order valence-electron chi connectivity index (χ4n) is 3.93. The molecule has 1 aromatic carbocycles. The molecule has 164 valence electrons. The first-order chi connectivity index (χ1) is 15.5. The van der Waals surface area contributed by atoms with Crippen molar-refractivity contribution in [2.75, 3.05) is 13.1 Å². The minimum absolute atomic E-state index is 0.163. The quantitative estimate of drug-likeness (QED) is 0.314. The van der Waals surface area contributed by atoms with Crippen molar-refractivity contribution in [1.82, 2.24) is 19.4 Å². The highest BCUT2D eigenvalue weighted by Gasteiger charge is 2.30. The van der Waals surface area contributed by atoms with E-state index in [-0.39, 0.29) is 16.6 Å². The zero-order valence-corrected chi connectivity index (χ0v) is 20.2. The number of thiazole rings is 1. The molecule has 0 radical (unpaired) electrons. The van der Waals surface area contributed by atoms with Crippen LogP contribution in [0.5, 0.6) is 0 Å². The highest BCUT2D eigenvalue weighted by atomic mass is 35.5. The Kier molecular flexibility index (Phi) is 6.03. The van der Waals surface area contributed by atoms with Gasteiger partial charge in [-0.15, -0.1) is 11.3 Å². The molecular weight excluding hydrogens is 487 g/mol. The van der Waals surface area contributed by atoms with Crippen molar-refractivity contribution < 1.29 is 9.32 Å². The molecule has 0 unspecified atom stereocenters. The van der Waals surface area contributed by atoms with Crippen LogP contribution in [0, 0.1) is 6.92 Å². The van der Waals surface area contributed by atoms with E-state index in [0.717, 1.165) is 57.7 Å². The van der Waals surface area contributed by atoms with Crippen LogP contribution >= 0.6 is 46.1 Å². The molecule has 1 fully saturated rings. The van der Waals surface area contributed by atoms with Crippen LogP contribution < -0.4 is 0 Å². The number of aryl methyl sites for hydroxylation is 1. The normalized spacial score (nSPS) is 14.8. The standard InChI is InChI=1S/C22H18Cl2N4O2S2/c1-12-16(18(26-30-12)13-5-3-2-4-6-13)15-11-31-21(25-15)14-7-9-28(10-8-14)22(29)19-17(23)20(24)32-27-19/h2-6,11,14H,7-10H2,1H3. The van der Waals surface area contributed by atoms with Crippen molar-refractivity contribution >= 4 is 52.0 Å². The largest absolute Gasteiger partial charge is 0.360 e. The van der Waals surface area contributed by atoms with Gasteiger partial charge in [0, 0.05) is 30.0 Å². The summed E-state index contributed by atoms with van der Waals surface area (Å²) in [5.74, 6) is 0.886. The maximum atomic E-state index is 12.7. The summed E-state index contributed by atoms with van der Waals surface area (Å²) in [6.07, 6.45) is 1.67. The van der Waals surface area contributed by atoms with Crippen LogP contribution in [0.4, 0.5) is 0 Å². The van der Waals surface area contributed by atoms with Gasteiger partial charge in [0.05, 0.1) is 16.3 Å². The summed E-state index contributed by atoms with van der Waals surface area (Å²) in [5, 5.41) is 7.65. The van der Waals surface area contributed by atoms with Gasteiger partial charge in [-0.3, -0.25) is 4.79 Å². The fourth-order valence-corrected chi connectivity index (χ4v) is 5.90. The number of rotatable bonds is 4. The molecular formula is C22H18Cl2N4O2S2.